The van der Waals surface area contributed by atoms with E-state index in [2.05, 4.69) is 36.8 Å². The average Bonchev–Trinajstić information content (AvgIpc) is 3.27. The van der Waals surface area contributed by atoms with Crippen LogP contribution in [-0.4, -0.2) is 36.8 Å². The smallest absolute Gasteiger partial charge is 0.269 e. The number of amides is 1. The Morgan fingerprint density at radius 1 is 1.00 bits per heavy atom. The number of non-ortho nitro benzene ring substituents is 1. The van der Waals surface area contributed by atoms with Gasteiger partial charge >= 0.3 is 0 Å². The van der Waals surface area contributed by atoms with Crippen LogP contribution in [0.4, 0.5) is 11.4 Å². The summed E-state index contributed by atoms with van der Waals surface area (Å²) in [6.45, 7) is 0. The number of benzene rings is 3. The molecule has 0 bridgehead atoms. The van der Waals surface area contributed by atoms with Gasteiger partial charge in [0.05, 0.1) is 16.4 Å². The van der Waals surface area contributed by atoms with Crippen molar-refractivity contribution in [1.29, 1.82) is 0 Å². The Morgan fingerprint density at radius 2 is 1.62 bits per heavy atom. The molecule has 0 radical (unpaired) electrons. The fourth-order valence-corrected chi connectivity index (χ4v) is 3.82. The van der Waals surface area contributed by atoms with Crippen molar-refractivity contribution in [2.24, 2.45) is 0 Å². The van der Waals surface area contributed by atoms with Gasteiger partial charge in [0.25, 0.3) is 5.69 Å². The second-order valence-corrected chi connectivity index (χ2v) is 8.43. The number of rotatable bonds is 7. The summed E-state index contributed by atoms with van der Waals surface area (Å²) in [5.41, 5.74) is 3.22. The molecule has 0 saturated heterocycles. The third-order valence-corrected chi connectivity index (χ3v) is 5.87. The number of anilines is 1. The van der Waals surface area contributed by atoms with Gasteiger partial charge in [-0.3, -0.25) is 14.9 Å². The Labute approximate surface area is 195 Å². The third kappa shape index (κ3) is 5.18. The van der Waals surface area contributed by atoms with Gasteiger partial charge in [-0.05, 0) is 70.1 Å². The molecule has 0 aliphatic heterocycles. The van der Waals surface area contributed by atoms with Crippen LogP contribution >= 0.6 is 27.7 Å². The van der Waals surface area contributed by atoms with Gasteiger partial charge in [-0.1, -0.05) is 39.8 Å². The van der Waals surface area contributed by atoms with Gasteiger partial charge in [-0.25, -0.2) is 0 Å². The molecule has 11 heteroatoms. The van der Waals surface area contributed by atoms with Crippen molar-refractivity contribution in [1.82, 2.24) is 20.2 Å². The van der Waals surface area contributed by atoms with Crippen molar-refractivity contribution < 1.29 is 9.72 Å². The highest BCUT2D eigenvalue weighted by molar-refractivity contribution is 9.10. The van der Waals surface area contributed by atoms with E-state index in [1.165, 1.54) is 23.9 Å². The lowest BCUT2D eigenvalue weighted by Crippen LogP contribution is -2.14. The van der Waals surface area contributed by atoms with E-state index < -0.39 is 4.92 Å². The maximum Gasteiger partial charge on any atom is 0.269 e. The lowest BCUT2D eigenvalue weighted by Gasteiger charge is -2.07. The zero-order valence-electron chi connectivity index (χ0n) is 16.4. The molecule has 0 aliphatic rings. The van der Waals surface area contributed by atoms with Crippen molar-refractivity contribution in [2.75, 3.05) is 11.1 Å². The van der Waals surface area contributed by atoms with Crippen LogP contribution in [0.25, 0.3) is 16.8 Å². The normalized spacial score (nSPS) is 10.7. The highest BCUT2D eigenvalue weighted by atomic mass is 79.9. The van der Waals surface area contributed by atoms with E-state index in [0.717, 1.165) is 21.3 Å². The predicted octanol–water partition coefficient (Wildman–Crippen LogP) is 4.73. The zero-order valence-corrected chi connectivity index (χ0v) is 18.8. The molecular formula is C21H15BrN6O3S. The minimum absolute atomic E-state index is 0.0429. The van der Waals surface area contributed by atoms with Crippen molar-refractivity contribution in [2.45, 2.75) is 5.16 Å². The summed E-state index contributed by atoms with van der Waals surface area (Å²) in [4.78, 5) is 22.7. The maximum absolute atomic E-state index is 12.4. The van der Waals surface area contributed by atoms with E-state index >= 15 is 0 Å². The van der Waals surface area contributed by atoms with E-state index in [4.69, 9.17) is 0 Å². The van der Waals surface area contributed by atoms with Crippen molar-refractivity contribution >= 4 is 45.0 Å². The summed E-state index contributed by atoms with van der Waals surface area (Å²) < 4.78 is 2.52. The Hall–Kier alpha value is -3.57. The molecule has 0 fully saturated rings. The minimum Gasteiger partial charge on any atom is -0.325 e. The Balaban J connectivity index is 1.35. The number of nitro benzene ring substituents is 1. The number of nitrogens with zero attached hydrogens (tertiary/aromatic N) is 5. The van der Waals surface area contributed by atoms with E-state index in [9.17, 15) is 14.9 Å². The van der Waals surface area contributed by atoms with Gasteiger partial charge in [-0.2, -0.15) is 4.68 Å². The van der Waals surface area contributed by atoms with Crippen LogP contribution in [0.1, 0.15) is 0 Å². The van der Waals surface area contributed by atoms with E-state index in [0.29, 0.717) is 10.8 Å². The largest absolute Gasteiger partial charge is 0.325 e. The van der Waals surface area contributed by atoms with Crippen molar-refractivity contribution in [3.05, 3.63) is 87.4 Å². The van der Waals surface area contributed by atoms with Gasteiger partial charge in [-0.15, -0.1) is 5.10 Å². The Kier molecular flexibility index (Phi) is 6.57. The summed E-state index contributed by atoms with van der Waals surface area (Å²) in [5.74, 6) is -0.0514. The molecule has 0 aliphatic carbocycles. The lowest BCUT2D eigenvalue weighted by atomic mass is 10.1. The molecule has 4 rings (SSSR count). The predicted molar refractivity (Wildman–Crippen MR) is 125 cm³/mol. The number of carbonyl (C=O) groups is 1. The molecule has 0 saturated carbocycles. The topological polar surface area (TPSA) is 116 Å². The number of nitrogens with one attached hydrogen (secondary N) is 1. The molecular weight excluding hydrogens is 496 g/mol. The SMILES string of the molecule is O=C(CSc1nnnn1-c1ccc(Br)cc1)Nc1ccc(-c2ccc([N+](=O)[O-])cc2)cc1. The van der Waals surface area contributed by atoms with Crippen LogP contribution in [-0.2, 0) is 4.79 Å². The highest BCUT2D eigenvalue weighted by Crippen LogP contribution is 2.24. The lowest BCUT2D eigenvalue weighted by molar-refractivity contribution is -0.384. The quantitative estimate of drug-likeness (QED) is 0.217. The molecule has 3 aromatic carbocycles. The maximum atomic E-state index is 12.4. The minimum atomic E-state index is -0.433. The molecule has 9 nitrogen and oxygen atoms in total. The summed E-state index contributed by atoms with van der Waals surface area (Å²) in [5, 5.41) is 25.8. The number of hydrogen-bond donors (Lipinski definition) is 1. The summed E-state index contributed by atoms with van der Waals surface area (Å²) in [7, 11) is 0. The Morgan fingerprint density at radius 3 is 2.25 bits per heavy atom. The van der Waals surface area contributed by atoms with Gasteiger partial charge in [0.1, 0.15) is 0 Å². The van der Waals surface area contributed by atoms with Crippen molar-refractivity contribution in [3.8, 4) is 16.8 Å². The fraction of sp³-hybridized carbons (Fsp3) is 0.0476. The molecule has 1 heterocycles. The van der Waals surface area contributed by atoms with Crippen LogP contribution in [0.3, 0.4) is 0 Å². The number of nitro groups is 1. The summed E-state index contributed by atoms with van der Waals surface area (Å²) in [6.07, 6.45) is 0. The molecule has 1 aromatic heterocycles. The molecule has 1 N–H and O–H groups in total. The molecule has 0 spiro atoms. The van der Waals surface area contributed by atoms with Gasteiger partial charge in [0, 0.05) is 22.3 Å². The number of hydrogen-bond acceptors (Lipinski definition) is 7. The van der Waals surface area contributed by atoms with Crippen LogP contribution in [0.5, 0.6) is 0 Å². The first-order valence-corrected chi connectivity index (χ1v) is 11.1. The van der Waals surface area contributed by atoms with E-state index in [1.807, 2.05) is 36.4 Å². The monoisotopic (exact) mass is 510 g/mol. The third-order valence-electron chi connectivity index (χ3n) is 4.42. The number of halogens is 1. The zero-order chi connectivity index (χ0) is 22.5. The van der Waals surface area contributed by atoms with Crippen LogP contribution in [0.15, 0.2) is 82.4 Å². The molecule has 0 unspecified atom stereocenters. The van der Waals surface area contributed by atoms with Crippen LogP contribution in [0, 0.1) is 10.1 Å². The second kappa shape index (κ2) is 9.71. The highest BCUT2D eigenvalue weighted by Gasteiger charge is 2.12. The number of thioether (sulfide) groups is 1. The standard InChI is InChI=1S/C21H15BrN6O3S/c22-16-5-11-18(12-6-16)27-21(24-25-26-27)32-13-20(29)23-17-7-1-14(2-8-17)15-3-9-19(10-4-15)28(30)31/h1-12H,13H2,(H,23,29). The van der Waals surface area contributed by atoms with Gasteiger partial charge in [0.15, 0.2) is 0 Å². The average molecular weight is 511 g/mol. The van der Waals surface area contributed by atoms with Crippen LogP contribution < -0.4 is 5.32 Å². The molecule has 1 amide bonds. The fourth-order valence-electron chi connectivity index (χ4n) is 2.86. The molecule has 0 atom stereocenters. The molecule has 32 heavy (non-hydrogen) atoms. The van der Waals surface area contributed by atoms with Gasteiger partial charge < -0.3 is 5.32 Å². The second-order valence-electron chi connectivity index (χ2n) is 6.57. The van der Waals surface area contributed by atoms with E-state index in [1.54, 1.807) is 28.9 Å². The van der Waals surface area contributed by atoms with Crippen LogP contribution in [0.2, 0.25) is 0 Å². The van der Waals surface area contributed by atoms with Gasteiger partial charge in [0.2, 0.25) is 11.1 Å². The first-order chi connectivity index (χ1) is 15.5. The first kappa shape index (κ1) is 21.7. The van der Waals surface area contributed by atoms with Crippen molar-refractivity contribution in [3.63, 3.8) is 0 Å². The molecule has 4 aromatic rings. The number of tetrazole rings is 1. The summed E-state index contributed by atoms with van der Waals surface area (Å²) in [6, 6.07) is 21.1. The van der Waals surface area contributed by atoms with E-state index in [-0.39, 0.29) is 17.3 Å². The molecule has 160 valence electrons. The first-order valence-electron chi connectivity index (χ1n) is 9.31. The number of carbonyl (C=O) groups excluding carboxylic acids is 1. The summed E-state index contributed by atoms with van der Waals surface area (Å²) >= 11 is 4.62. The Bertz CT molecular complexity index is 1240. The number of aromatic nitrogens is 4.